The molecule has 2 unspecified atom stereocenters. The van der Waals surface area contributed by atoms with Gasteiger partial charge in [-0.05, 0) is 36.3 Å². The van der Waals surface area contributed by atoms with Crippen LogP contribution >= 0.6 is 11.6 Å². The third-order valence-corrected chi connectivity index (χ3v) is 4.85. The van der Waals surface area contributed by atoms with Gasteiger partial charge in [0, 0.05) is 12.3 Å². The van der Waals surface area contributed by atoms with Crippen LogP contribution in [0.4, 0.5) is 4.39 Å². The Hall–Kier alpha value is -0.890. The number of hydrogen-bond acceptors (Lipinski definition) is 1. The molecule has 2 aliphatic carbocycles. The molecule has 3 rings (SSSR count). The lowest BCUT2D eigenvalue weighted by atomic mass is 10.0. The molecule has 0 N–H and O–H groups in total. The molecular weight excluding hydrogens is 251 g/mol. The van der Waals surface area contributed by atoms with Gasteiger partial charge in [-0.15, -0.1) is 0 Å². The second-order valence-electron chi connectivity index (χ2n) is 5.49. The van der Waals surface area contributed by atoms with Crippen molar-refractivity contribution in [1.82, 2.24) is 0 Å². The Bertz CT molecular complexity index is 473. The molecule has 2 saturated carbocycles. The van der Waals surface area contributed by atoms with Crippen molar-refractivity contribution in [3.63, 3.8) is 0 Å². The summed E-state index contributed by atoms with van der Waals surface area (Å²) in [5.74, 6) is 1.26. The van der Waals surface area contributed by atoms with Crippen molar-refractivity contribution in [2.75, 3.05) is 0 Å². The number of Topliss-reactive ketones (excluding diaryl/α,β-unsaturated/α-hetero) is 1. The summed E-state index contributed by atoms with van der Waals surface area (Å²) in [7, 11) is 0. The number of hydrogen-bond donors (Lipinski definition) is 0. The molecule has 2 fully saturated rings. The van der Waals surface area contributed by atoms with Gasteiger partial charge in [0.1, 0.15) is 11.6 Å². The van der Waals surface area contributed by atoms with E-state index in [-0.39, 0.29) is 23.1 Å². The molecule has 0 heterocycles. The minimum atomic E-state index is -0.435. The van der Waals surface area contributed by atoms with Crippen molar-refractivity contribution in [1.29, 1.82) is 0 Å². The SMILES string of the molecule is O=C(Cc1cccc(F)c1Cl)C1C2CCCCC21. The Morgan fingerprint density at radius 1 is 1.28 bits per heavy atom. The van der Waals surface area contributed by atoms with Crippen LogP contribution < -0.4 is 0 Å². The van der Waals surface area contributed by atoms with Crippen LogP contribution in [0, 0.1) is 23.6 Å². The standard InChI is InChI=1S/C15H16ClFO/c16-15-9(4-3-7-12(15)17)8-13(18)14-10-5-1-2-6-11(10)14/h3-4,7,10-11,14H,1-2,5-6,8H2. The Kier molecular flexibility index (Phi) is 3.14. The molecule has 0 aliphatic heterocycles. The number of fused-ring (bicyclic) bond motifs is 1. The normalized spacial score (nSPS) is 29.8. The molecule has 0 amide bonds. The second kappa shape index (κ2) is 4.65. The summed E-state index contributed by atoms with van der Waals surface area (Å²) < 4.78 is 13.3. The van der Waals surface area contributed by atoms with E-state index in [1.165, 1.54) is 31.7 Å². The van der Waals surface area contributed by atoms with E-state index in [1.54, 1.807) is 12.1 Å². The smallest absolute Gasteiger partial charge is 0.142 e. The zero-order chi connectivity index (χ0) is 12.7. The predicted octanol–water partition coefficient (Wildman–Crippen LogP) is 4.03. The van der Waals surface area contributed by atoms with Gasteiger partial charge in [0.2, 0.25) is 0 Å². The zero-order valence-electron chi connectivity index (χ0n) is 10.2. The van der Waals surface area contributed by atoms with E-state index in [1.807, 2.05) is 0 Å². The van der Waals surface area contributed by atoms with Gasteiger partial charge in [0.15, 0.2) is 0 Å². The Balaban J connectivity index is 1.70. The third-order valence-electron chi connectivity index (χ3n) is 4.42. The molecule has 2 aliphatic rings. The molecule has 0 bridgehead atoms. The van der Waals surface area contributed by atoms with Crippen LogP contribution in [0.2, 0.25) is 5.02 Å². The first-order valence-electron chi connectivity index (χ1n) is 6.64. The van der Waals surface area contributed by atoms with Gasteiger partial charge in [-0.3, -0.25) is 4.79 Å². The van der Waals surface area contributed by atoms with Gasteiger partial charge in [-0.25, -0.2) is 4.39 Å². The number of carbonyl (C=O) groups is 1. The molecule has 1 aromatic rings. The van der Waals surface area contributed by atoms with E-state index in [2.05, 4.69) is 0 Å². The van der Waals surface area contributed by atoms with Crippen LogP contribution in [0.15, 0.2) is 18.2 Å². The number of carbonyl (C=O) groups excluding carboxylic acids is 1. The first kappa shape index (κ1) is 12.2. The van der Waals surface area contributed by atoms with Gasteiger partial charge in [-0.2, -0.15) is 0 Å². The molecular formula is C15H16ClFO. The van der Waals surface area contributed by atoms with Crippen molar-refractivity contribution in [3.05, 3.63) is 34.6 Å². The fourth-order valence-corrected chi connectivity index (χ4v) is 3.65. The molecule has 96 valence electrons. The second-order valence-corrected chi connectivity index (χ2v) is 5.87. The first-order valence-corrected chi connectivity index (χ1v) is 7.02. The molecule has 2 atom stereocenters. The maximum Gasteiger partial charge on any atom is 0.142 e. The molecule has 18 heavy (non-hydrogen) atoms. The van der Waals surface area contributed by atoms with Crippen LogP contribution in [0.1, 0.15) is 31.2 Å². The van der Waals surface area contributed by atoms with Crippen LogP contribution in [-0.2, 0) is 11.2 Å². The van der Waals surface area contributed by atoms with Crippen molar-refractivity contribution in [2.24, 2.45) is 17.8 Å². The zero-order valence-corrected chi connectivity index (χ0v) is 10.9. The largest absolute Gasteiger partial charge is 0.299 e. The average Bonchev–Trinajstić information content (AvgIpc) is 3.09. The Morgan fingerprint density at radius 3 is 2.61 bits per heavy atom. The highest BCUT2D eigenvalue weighted by Crippen LogP contribution is 2.56. The van der Waals surface area contributed by atoms with Crippen molar-refractivity contribution in [2.45, 2.75) is 32.1 Å². The third kappa shape index (κ3) is 2.07. The summed E-state index contributed by atoms with van der Waals surface area (Å²) in [6.07, 6.45) is 5.18. The summed E-state index contributed by atoms with van der Waals surface area (Å²) in [4.78, 5) is 12.2. The topological polar surface area (TPSA) is 17.1 Å². The van der Waals surface area contributed by atoms with Crippen molar-refractivity contribution < 1.29 is 9.18 Å². The van der Waals surface area contributed by atoms with E-state index in [0.717, 1.165) is 0 Å². The summed E-state index contributed by atoms with van der Waals surface area (Å²) in [5, 5.41) is 0.106. The number of benzene rings is 1. The van der Waals surface area contributed by atoms with E-state index in [4.69, 9.17) is 11.6 Å². The van der Waals surface area contributed by atoms with Crippen LogP contribution in [0.3, 0.4) is 0 Å². The summed E-state index contributed by atoms with van der Waals surface area (Å²) in [6, 6.07) is 4.69. The minimum absolute atomic E-state index is 0.106. The maximum atomic E-state index is 13.3. The summed E-state index contributed by atoms with van der Waals surface area (Å²) in [6.45, 7) is 0. The van der Waals surface area contributed by atoms with E-state index >= 15 is 0 Å². The molecule has 3 heteroatoms. The van der Waals surface area contributed by atoms with Gasteiger partial charge in [-0.1, -0.05) is 36.6 Å². The van der Waals surface area contributed by atoms with Crippen LogP contribution in [0.25, 0.3) is 0 Å². The average molecular weight is 267 g/mol. The Morgan fingerprint density at radius 2 is 1.94 bits per heavy atom. The summed E-state index contributed by atoms with van der Waals surface area (Å²) >= 11 is 5.89. The minimum Gasteiger partial charge on any atom is -0.299 e. The lowest BCUT2D eigenvalue weighted by Gasteiger charge is -2.04. The first-order chi connectivity index (χ1) is 8.68. The summed E-state index contributed by atoms with van der Waals surface area (Å²) in [5.41, 5.74) is 0.630. The van der Waals surface area contributed by atoms with Gasteiger partial charge >= 0.3 is 0 Å². The molecule has 1 aromatic carbocycles. The van der Waals surface area contributed by atoms with Gasteiger partial charge in [0.25, 0.3) is 0 Å². The van der Waals surface area contributed by atoms with E-state index < -0.39 is 5.82 Å². The van der Waals surface area contributed by atoms with E-state index in [0.29, 0.717) is 17.4 Å². The lowest BCUT2D eigenvalue weighted by Crippen LogP contribution is -2.08. The Labute approximate surface area is 111 Å². The molecule has 0 spiro atoms. The highest BCUT2D eigenvalue weighted by Gasteiger charge is 2.53. The van der Waals surface area contributed by atoms with Gasteiger partial charge < -0.3 is 0 Å². The molecule has 1 nitrogen and oxygen atoms in total. The van der Waals surface area contributed by atoms with Crippen molar-refractivity contribution >= 4 is 17.4 Å². The van der Waals surface area contributed by atoms with Gasteiger partial charge in [0.05, 0.1) is 5.02 Å². The molecule has 0 aromatic heterocycles. The number of ketones is 1. The molecule has 0 saturated heterocycles. The number of rotatable bonds is 3. The van der Waals surface area contributed by atoms with Crippen LogP contribution in [-0.4, -0.2) is 5.78 Å². The van der Waals surface area contributed by atoms with E-state index in [9.17, 15) is 9.18 Å². The quantitative estimate of drug-likeness (QED) is 0.807. The molecule has 0 radical (unpaired) electrons. The maximum absolute atomic E-state index is 13.3. The highest BCUT2D eigenvalue weighted by atomic mass is 35.5. The number of halogens is 2. The van der Waals surface area contributed by atoms with Crippen molar-refractivity contribution in [3.8, 4) is 0 Å². The highest BCUT2D eigenvalue weighted by molar-refractivity contribution is 6.31. The van der Waals surface area contributed by atoms with Crippen LogP contribution in [0.5, 0.6) is 0 Å². The monoisotopic (exact) mass is 266 g/mol. The predicted molar refractivity (Wildman–Crippen MR) is 69.1 cm³/mol. The fourth-order valence-electron chi connectivity index (χ4n) is 3.46. The lowest BCUT2D eigenvalue weighted by molar-refractivity contribution is -0.120. The fraction of sp³-hybridized carbons (Fsp3) is 0.533.